The molecule has 9 heteroatoms. The number of rotatable bonds is 12. The first-order valence-electron chi connectivity index (χ1n) is 14.9. The van der Waals surface area contributed by atoms with Crippen LogP contribution in [0.15, 0.2) is 72.8 Å². The van der Waals surface area contributed by atoms with Crippen LogP contribution in [0.2, 0.25) is 0 Å². The number of aryl methyl sites for hydroxylation is 2. The maximum absolute atomic E-state index is 14.3. The van der Waals surface area contributed by atoms with E-state index in [0.29, 0.717) is 11.4 Å². The van der Waals surface area contributed by atoms with Crippen molar-refractivity contribution in [3.8, 4) is 5.75 Å². The molecule has 1 atom stereocenters. The highest BCUT2D eigenvalue weighted by Crippen LogP contribution is 2.26. The predicted octanol–water partition coefficient (Wildman–Crippen LogP) is 5.17. The molecule has 0 saturated heterocycles. The number of carbonyl (C=O) groups is 2. The van der Waals surface area contributed by atoms with Gasteiger partial charge in [-0.15, -0.1) is 0 Å². The molecule has 4 rings (SSSR count). The molecule has 1 aliphatic rings. The fourth-order valence-corrected chi connectivity index (χ4v) is 6.65. The van der Waals surface area contributed by atoms with Gasteiger partial charge in [-0.05, 0) is 61.6 Å². The average molecular weight is 606 g/mol. The van der Waals surface area contributed by atoms with Gasteiger partial charge in [0.05, 0.1) is 19.1 Å². The van der Waals surface area contributed by atoms with Crippen molar-refractivity contribution in [1.29, 1.82) is 0 Å². The second-order valence-corrected chi connectivity index (χ2v) is 13.4. The minimum Gasteiger partial charge on any atom is -0.497 e. The van der Waals surface area contributed by atoms with Gasteiger partial charge < -0.3 is 15.0 Å². The van der Waals surface area contributed by atoms with E-state index < -0.39 is 28.5 Å². The van der Waals surface area contributed by atoms with Gasteiger partial charge in [-0.1, -0.05) is 79.4 Å². The molecule has 0 radical (unpaired) electrons. The fourth-order valence-electron chi connectivity index (χ4n) is 5.75. The molecular weight excluding hydrogens is 562 g/mol. The Balaban J connectivity index is 1.75. The number of nitrogens with one attached hydrogen (secondary N) is 1. The molecule has 1 N–H and O–H groups in total. The summed E-state index contributed by atoms with van der Waals surface area (Å²) in [6.45, 7) is 3.43. The molecule has 230 valence electrons. The molecule has 2 amide bonds. The minimum atomic E-state index is -3.83. The SMILES string of the molecule is COc1cccc(CN(C(=O)CN(c2ccc(C)cc2C)S(C)(=O)=O)C(Cc2ccccc2)C(=O)NC2CCCCC2)c1. The van der Waals surface area contributed by atoms with Gasteiger partial charge in [0.15, 0.2) is 0 Å². The Labute approximate surface area is 256 Å². The average Bonchev–Trinajstić information content (AvgIpc) is 2.98. The molecule has 43 heavy (non-hydrogen) atoms. The Morgan fingerprint density at radius 2 is 1.63 bits per heavy atom. The van der Waals surface area contributed by atoms with E-state index in [1.165, 1.54) is 4.90 Å². The summed E-state index contributed by atoms with van der Waals surface area (Å²) in [6.07, 6.45) is 6.46. The molecule has 0 heterocycles. The van der Waals surface area contributed by atoms with Crippen LogP contribution in [0.25, 0.3) is 0 Å². The lowest BCUT2D eigenvalue weighted by molar-refractivity contribution is -0.140. The monoisotopic (exact) mass is 605 g/mol. The number of nitrogens with zero attached hydrogens (tertiary/aromatic N) is 2. The van der Waals surface area contributed by atoms with Gasteiger partial charge in [0, 0.05) is 19.0 Å². The van der Waals surface area contributed by atoms with E-state index in [9.17, 15) is 18.0 Å². The lowest BCUT2D eigenvalue weighted by Crippen LogP contribution is -2.55. The zero-order valence-electron chi connectivity index (χ0n) is 25.6. The van der Waals surface area contributed by atoms with Gasteiger partial charge in [0.2, 0.25) is 21.8 Å². The molecule has 1 fully saturated rings. The van der Waals surface area contributed by atoms with Crippen LogP contribution in [0.4, 0.5) is 5.69 Å². The number of sulfonamides is 1. The van der Waals surface area contributed by atoms with Gasteiger partial charge in [0.1, 0.15) is 18.3 Å². The number of amides is 2. The van der Waals surface area contributed by atoms with Gasteiger partial charge in [0.25, 0.3) is 0 Å². The van der Waals surface area contributed by atoms with E-state index in [1.807, 2.05) is 80.6 Å². The maximum atomic E-state index is 14.3. The highest BCUT2D eigenvalue weighted by Gasteiger charge is 2.34. The molecule has 8 nitrogen and oxygen atoms in total. The van der Waals surface area contributed by atoms with Crippen LogP contribution >= 0.6 is 0 Å². The standard InChI is InChI=1S/C34H43N3O5S/c1-25-18-19-31(26(2)20-25)37(43(4,40)41)24-33(38)36(23-28-14-11-17-30(21-28)42-3)32(22-27-12-7-5-8-13-27)34(39)35-29-15-9-6-10-16-29/h5,7-8,11-14,17-21,29,32H,6,9-10,15-16,22-24H2,1-4H3,(H,35,39). The normalized spacial score (nSPS) is 14.5. The Hall–Kier alpha value is -3.85. The molecular formula is C34H43N3O5S. The molecule has 3 aromatic carbocycles. The molecule has 0 bridgehead atoms. The van der Waals surface area contributed by atoms with Crippen molar-refractivity contribution in [2.75, 3.05) is 24.2 Å². The Kier molecular flexibility index (Phi) is 10.9. The topological polar surface area (TPSA) is 96.0 Å². The van der Waals surface area contributed by atoms with E-state index in [1.54, 1.807) is 13.2 Å². The van der Waals surface area contributed by atoms with Gasteiger partial charge in [-0.25, -0.2) is 8.42 Å². The van der Waals surface area contributed by atoms with Crippen LogP contribution in [-0.4, -0.2) is 57.1 Å². The number of hydrogen-bond donors (Lipinski definition) is 1. The van der Waals surface area contributed by atoms with Crippen LogP contribution in [-0.2, 0) is 32.6 Å². The van der Waals surface area contributed by atoms with E-state index in [0.717, 1.165) is 64.9 Å². The third kappa shape index (κ3) is 8.83. The first-order valence-corrected chi connectivity index (χ1v) is 16.7. The molecule has 0 aromatic heterocycles. The third-order valence-corrected chi connectivity index (χ3v) is 9.14. The number of methoxy groups -OCH3 is 1. The quantitative estimate of drug-likeness (QED) is 0.308. The zero-order chi connectivity index (χ0) is 31.0. The highest BCUT2D eigenvalue weighted by molar-refractivity contribution is 7.92. The predicted molar refractivity (Wildman–Crippen MR) is 171 cm³/mol. The van der Waals surface area contributed by atoms with Gasteiger partial charge in [-0.2, -0.15) is 0 Å². The van der Waals surface area contributed by atoms with E-state index in [4.69, 9.17) is 4.74 Å². The van der Waals surface area contributed by atoms with Crippen molar-refractivity contribution in [3.63, 3.8) is 0 Å². The first-order chi connectivity index (χ1) is 20.5. The van der Waals surface area contributed by atoms with Crippen molar-refractivity contribution in [3.05, 3.63) is 95.1 Å². The summed E-state index contributed by atoms with van der Waals surface area (Å²) in [5.74, 6) is -0.0680. The van der Waals surface area contributed by atoms with Gasteiger partial charge >= 0.3 is 0 Å². The summed E-state index contributed by atoms with van der Waals surface area (Å²) in [4.78, 5) is 29.9. The van der Waals surface area contributed by atoms with E-state index in [2.05, 4.69) is 5.32 Å². The summed E-state index contributed by atoms with van der Waals surface area (Å²) >= 11 is 0. The molecule has 1 aliphatic carbocycles. The fraction of sp³-hybridized carbons (Fsp3) is 0.412. The highest BCUT2D eigenvalue weighted by atomic mass is 32.2. The first kappa shape index (κ1) is 32.1. The second kappa shape index (κ2) is 14.6. The number of hydrogen-bond acceptors (Lipinski definition) is 5. The molecule has 1 unspecified atom stereocenters. The smallest absolute Gasteiger partial charge is 0.244 e. The summed E-state index contributed by atoms with van der Waals surface area (Å²) < 4.78 is 32.7. The van der Waals surface area contributed by atoms with E-state index in [-0.39, 0.29) is 24.9 Å². The third-order valence-electron chi connectivity index (χ3n) is 8.01. The van der Waals surface area contributed by atoms with Crippen molar-refractivity contribution in [2.24, 2.45) is 0 Å². The van der Waals surface area contributed by atoms with E-state index >= 15 is 0 Å². The van der Waals surface area contributed by atoms with Crippen LogP contribution in [0.1, 0.15) is 54.4 Å². The lowest BCUT2D eigenvalue weighted by atomic mass is 9.94. The largest absolute Gasteiger partial charge is 0.497 e. The summed E-state index contributed by atoms with van der Waals surface area (Å²) in [5, 5.41) is 3.22. The summed E-state index contributed by atoms with van der Waals surface area (Å²) in [5.41, 5.74) is 3.85. The number of anilines is 1. The van der Waals surface area contributed by atoms with Crippen LogP contribution < -0.4 is 14.4 Å². The molecule has 0 aliphatic heterocycles. The van der Waals surface area contributed by atoms with Crippen molar-refractivity contribution in [2.45, 2.75) is 71.0 Å². The Bertz CT molecular complexity index is 1500. The maximum Gasteiger partial charge on any atom is 0.244 e. The zero-order valence-corrected chi connectivity index (χ0v) is 26.4. The van der Waals surface area contributed by atoms with Gasteiger partial charge in [-0.3, -0.25) is 13.9 Å². The minimum absolute atomic E-state index is 0.0519. The van der Waals surface area contributed by atoms with Crippen molar-refractivity contribution >= 4 is 27.5 Å². The van der Waals surface area contributed by atoms with Crippen LogP contribution in [0.3, 0.4) is 0 Å². The number of benzene rings is 3. The lowest BCUT2D eigenvalue weighted by Gasteiger charge is -2.35. The number of carbonyl (C=O) groups excluding carboxylic acids is 2. The van der Waals surface area contributed by atoms with Crippen LogP contribution in [0.5, 0.6) is 5.75 Å². The second-order valence-electron chi connectivity index (χ2n) is 11.5. The summed E-state index contributed by atoms with van der Waals surface area (Å²) in [6, 6.07) is 21.6. The molecule has 3 aromatic rings. The van der Waals surface area contributed by atoms with Crippen molar-refractivity contribution in [1.82, 2.24) is 10.2 Å². The number of ether oxygens (including phenoxy) is 1. The van der Waals surface area contributed by atoms with Crippen molar-refractivity contribution < 1.29 is 22.7 Å². The Morgan fingerprint density at radius 1 is 0.930 bits per heavy atom. The summed E-state index contributed by atoms with van der Waals surface area (Å²) in [7, 11) is -2.25. The Morgan fingerprint density at radius 3 is 2.28 bits per heavy atom. The van der Waals surface area contributed by atoms with Crippen LogP contribution in [0, 0.1) is 13.8 Å². The molecule has 1 saturated carbocycles. The molecule has 0 spiro atoms.